The Bertz CT molecular complexity index is 354. The number of hydrogen-bond donors (Lipinski definition) is 1. The Morgan fingerprint density at radius 1 is 1.57 bits per heavy atom. The van der Waals surface area contributed by atoms with Crippen molar-refractivity contribution in [2.75, 3.05) is 13.1 Å². The van der Waals surface area contributed by atoms with Gasteiger partial charge in [-0.25, -0.2) is 0 Å². The van der Waals surface area contributed by atoms with Crippen LogP contribution in [0.4, 0.5) is 0 Å². The van der Waals surface area contributed by atoms with E-state index in [4.69, 9.17) is 5.11 Å². The van der Waals surface area contributed by atoms with Gasteiger partial charge < -0.3 is 10.0 Å². The quantitative estimate of drug-likeness (QED) is 0.850. The molecule has 0 unspecified atom stereocenters. The number of amides is 1. The molecule has 0 aliphatic carbocycles. The predicted molar refractivity (Wildman–Crippen MR) is 61.6 cm³/mol. The fourth-order valence-electron chi connectivity index (χ4n) is 1.23. The van der Waals surface area contributed by atoms with Crippen LogP contribution < -0.4 is 0 Å². The molecule has 1 aromatic heterocycles. The Kier molecular flexibility index (Phi) is 2.97. The van der Waals surface area contributed by atoms with Crippen molar-refractivity contribution in [3.8, 4) is 0 Å². The lowest BCUT2D eigenvalue weighted by Gasteiger charge is -2.35. The summed E-state index contributed by atoms with van der Waals surface area (Å²) in [4.78, 5) is 14.0. The van der Waals surface area contributed by atoms with E-state index in [1.807, 2.05) is 0 Å². The number of aliphatic hydroxyl groups is 1. The number of nitrogens with zero attached hydrogens (tertiary/aromatic N) is 1. The molecule has 14 heavy (non-hydrogen) atoms. The van der Waals surface area contributed by atoms with Crippen LogP contribution in [0.25, 0.3) is 0 Å². The highest BCUT2D eigenvalue weighted by Gasteiger charge is 2.30. The molecule has 0 atom stereocenters. The van der Waals surface area contributed by atoms with Gasteiger partial charge >= 0.3 is 0 Å². The highest BCUT2D eigenvalue weighted by Crippen LogP contribution is 2.33. The minimum absolute atomic E-state index is 0.00769. The second-order valence-corrected chi connectivity index (χ2v) is 6.32. The Balaban J connectivity index is 2.12. The second kappa shape index (κ2) is 3.92. The maximum Gasteiger partial charge on any atom is 0.264 e. The SMILES string of the molecule is O=C(c1cc(Br)c(Br)s1)N1CC(O)C1. The van der Waals surface area contributed by atoms with E-state index in [0.717, 1.165) is 8.26 Å². The summed E-state index contributed by atoms with van der Waals surface area (Å²) in [6.07, 6.45) is -0.342. The van der Waals surface area contributed by atoms with Gasteiger partial charge in [0.25, 0.3) is 5.91 Å². The molecule has 2 heterocycles. The first kappa shape index (κ1) is 10.6. The van der Waals surface area contributed by atoms with Gasteiger partial charge in [-0.15, -0.1) is 11.3 Å². The molecule has 0 aromatic carbocycles. The van der Waals surface area contributed by atoms with Gasteiger partial charge in [-0.3, -0.25) is 4.79 Å². The molecule has 0 bridgehead atoms. The van der Waals surface area contributed by atoms with E-state index in [2.05, 4.69) is 31.9 Å². The van der Waals surface area contributed by atoms with Gasteiger partial charge in [-0.2, -0.15) is 0 Å². The van der Waals surface area contributed by atoms with Crippen molar-refractivity contribution in [3.63, 3.8) is 0 Å². The molecule has 2 rings (SSSR count). The van der Waals surface area contributed by atoms with E-state index in [9.17, 15) is 4.79 Å². The number of carbonyl (C=O) groups excluding carboxylic acids is 1. The summed E-state index contributed by atoms with van der Waals surface area (Å²) >= 11 is 8.06. The number of hydrogen-bond acceptors (Lipinski definition) is 3. The summed E-state index contributed by atoms with van der Waals surface area (Å²) < 4.78 is 1.81. The topological polar surface area (TPSA) is 40.5 Å². The van der Waals surface area contributed by atoms with Crippen LogP contribution in [0.3, 0.4) is 0 Å². The molecular weight excluding hydrogens is 334 g/mol. The summed E-state index contributed by atoms with van der Waals surface area (Å²) in [6, 6.07) is 1.79. The van der Waals surface area contributed by atoms with Gasteiger partial charge in [-0.1, -0.05) is 0 Å². The van der Waals surface area contributed by atoms with Gasteiger partial charge in [0.15, 0.2) is 0 Å². The molecule has 3 nitrogen and oxygen atoms in total. The zero-order chi connectivity index (χ0) is 10.3. The normalized spacial score (nSPS) is 16.9. The van der Waals surface area contributed by atoms with Crippen molar-refractivity contribution in [1.29, 1.82) is 0 Å². The van der Waals surface area contributed by atoms with E-state index in [-0.39, 0.29) is 12.0 Å². The Labute approximate surface area is 102 Å². The Hall–Kier alpha value is 0.0900. The van der Waals surface area contributed by atoms with Gasteiger partial charge in [0.2, 0.25) is 0 Å². The Morgan fingerprint density at radius 3 is 2.64 bits per heavy atom. The maximum atomic E-state index is 11.7. The van der Waals surface area contributed by atoms with Gasteiger partial charge in [0, 0.05) is 17.6 Å². The van der Waals surface area contributed by atoms with Gasteiger partial charge in [0.1, 0.15) is 0 Å². The molecule has 76 valence electrons. The lowest BCUT2D eigenvalue weighted by Crippen LogP contribution is -2.53. The van der Waals surface area contributed by atoms with E-state index >= 15 is 0 Å². The van der Waals surface area contributed by atoms with Crippen LogP contribution in [0, 0.1) is 0 Å². The first-order valence-corrected chi connectivity index (χ1v) is 6.40. The van der Waals surface area contributed by atoms with E-state index in [1.165, 1.54) is 11.3 Å². The van der Waals surface area contributed by atoms with E-state index in [0.29, 0.717) is 18.0 Å². The first-order valence-electron chi connectivity index (χ1n) is 4.00. The third-order valence-corrected chi connectivity index (χ3v) is 5.25. The molecule has 1 aromatic rings. The largest absolute Gasteiger partial charge is 0.389 e. The molecule has 1 amide bonds. The average molecular weight is 341 g/mol. The van der Waals surface area contributed by atoms with Crippen molar-refractivity contribution >= 4 is 49.1 Å². The highest BCUT2D eigenvalue weighted by atomic mass is 79.9. The summed E-state index contributed by atoms with van der Waals surface area (Å²) in [5.41, 5.74) is 0. The number of thiophene rings is 1. The van der Waals surface area contributed by atoms with Crippen LogP contribution in [0.15, 0.2) is 14.3 Å². The van der Waals surface area contributed by atoms with Crippen molar-refractivity contribution in [2.24, 2.45) is 0 Å². The molecule has 1 aliphatic rings. The van der Waals surface area contributed by atoms with Crippen LogP contribution in [-0.2, 0) is 0 Å². The van der Waals surface area contributed by atoms with Crippen molar-refractivity contribution in [2.45, 2.75) is 6.10 Å². The minimum atomic E-state index is -0.342. The van der Waals surface area contributed by atoms with Crippen molar-refractivity contribution in [1.82, 2.24) is 4.90 Å². The van der Waals surface area contributed by atoms with Crippen LogP contribution in [0.5, 0.6) is 0 Å². The minimum Gasteiger partial charge on any atom is -0.389 e. The lowest BCUT2D eigenvalue weighted by atomic mass is 10.1. The standard InChI is InChI=1S/C8H7Br2NO2S/c9-5-1-6(14-7(5)10)8(13)11-2-4(12)3-11/h1,4,12H,2-3H2. The summed E-state index contributed by atoms with van der Waals surface area (Å²) in [7, 11) is 0. The average Bonchev–Trinajstić information content (AvgIpc) is 2.41. The number of likely N-dealkylation sites (tertiary alicyclic amines) is 1. The third kappa shape index (κ3) is 1.88. The monoisotopic (exact) mass is 339 g/mol. The van der Waals surface area contributed by atoms with Crippen LogP contribution in [0.2, 0.25) is 0 Å². The van der Waals surface area contributed by atoms with E-state index < -0.39 is 0 Å². The molecule has 1 saturated heterocycles. The zero-order valence-corrected chi connectivity index (χ0v) is 11.0. The molecule has 0 radical (unpaired) electrons. The number of rotatable bonds is 1. The summed E-state index contributed by atoms with van der Waals surface area (Å²) in [6.45, 7) is 0.901. The molecule has 0 saturated carbocycles. The summed E-state index contributed by atoms with van der Waals surface area (Å²) in [5.74, 6) is -0.00769. The molecule has 1 fully saturated rings. The van der Waals surface area contributed by atoms with Gasteiger partial charge in [0.05, 0.1) is 14.8 Å². The predicted octanol–water partition coefficient (Wildman–Crippen LogP) is 2.09. The Morgan fingerprint density at radius 2 is 2.21 bits per heavy atom. The number of β-amino-alcohol motifs (C(OH)–C–C–N with tert-alkyl or cyclic N) is 1. The van der Waals surface area contributed by atoms with Crippen molar-refractivity contribution in [3.05, 3.63) is 19.2 Å². The number of aliphatic hydroxyl groups excluding tert-OH is 1. The zero-order valence-electron chi connectivity index (χ0n) is 7.04. The van der Waals surface area contributed by atoms with Crippen molar-refractivity contribution < 1.29 is 9.90 Å². The maximum absolute atomic E-state index is 11.7. The van der Waals surface area contributed by atoms with Crippen LogP contribution >= 0.6 is 43.2 Å². The number of halogens is 2. The summed E-state index contributed by atoms with van der Waals surface area (Å²) in [5, 5.41) is 9.06. The molecule has 6 heteroatoms. The highest BCUT2D eigenvalue weighted by molar-refractivity contribution is 9.13. The number of carbonyl (C=O) groups is 1. The fourth-order valence-corrected chi connectivity index (χ4v) is 3.23. The molecular formula is C8H7Br2NO2S. The fraction of sp³-hybridized carbons (Fsp3) is 0.375. The first-order chi connectivity index (χ1) is 6.58. The van der Waals surface area contributed by atoms with E-state index in [1.54, 1.807) is 11.0 Å². The third-order valence-electron chi connectivity index (χ3n) is 2.01. The van der Waals surface area contributed by atoms with Gasteiger partial charge in [-0.05, 0) is 37.9 Å². The lowest BCUT2D eigenvalue weighted by molar-refractivity contribution is 0.00622. The van der Waals surface area contributed by atoms with Crippen LogP contribution in [-0.4, -0.2) is 35.1 Å². The van der Waals surface area contributed by atoms with Crippen LogP contribution in [0.1, 0.15) is 9.67 Å². The molecule has 1 aliphatic heterocycles. The molecule has 1 N–H and O–H groups in total. The smallest absolute Gasteiger partial charge is 0.264 e. The second-order valence-electron chi connectivity index (χ2n) is 3.10. The molecule has 0 spiro atoms.